The predicted molar refractivity (Wildman–Crippen MR) is 95.9 cm³/mol. The molecule has 1 unspecified atom stereocenters. The molecule has 0 aliphatic carbocycles. The maximum atomic E-state index is 13.0. The fourth-order valence-corrected chi connectivity index (χ4v) is 2.84. The molecular formula is C20H19FN2O2. The van der Waals surface area contributed by atoms with Crippen LogP contribution in [0.3, 0.4) is 0 Å². The molecule has 4 nitrogen and oxygen atoms in total. The van der Waals surface area contributed by atoms with E-state index < -0.39 is 0 Å². The summed E-state index contributed by atoms with van der Waals surface area (Å²) in [5, 5.41) is 3.49. The zero-order valence-corrected chi connectivity index (χ0v) is 14.1. The van der Waals surface area contributed by atoms with Crippen molar-refractivity contribution in [3.8, 4) is 0 Å². The van der Waals surface area contributed by atoms with Crippen LogP contribution in [0, 0.1) is 12.7 Å². The fraction of sp³-hybridized carbons (Fsp3) is 0.200. The van der Waals surface area contributed by atoms with Crippen molar-refractivity contribution in [3.05, 3.63) is 81.9 Å². The monoisotopic (exact) mass is 338 g/mol. The number of amides is 1. The Bertz CT molecular complexity index is 977. The zero-order valence-electron chi connectivity index (χ0n) is 14.1. The van der Waals surface area contributed by atoms with Crippen molar-refractivity contribution in [1.29, 1.82) is 0 Å². The highest BCUT2D eigenvalue weighted by atomic mass is 19.1. The van der Waals surface area contributed by atoms with Gasteiger partial charge in [0.25, 0.3) is 0 Å². The molecule has 0 spiro atoms. The van der Waals surface area contributed by atoms with Crippen LogP contribution in [0.5, 0.6) is 0 Å². The number of aryl methyl sites for hydroxylation is 1. The first-order valence-electron chi connectivity index (χ1n) is 8.08. The Kier molecular flexibility index (Phi) is 4.65. The molecule has 2 aromatic carbocycles. The maximum Gasteiger partial charge on any atom is 0.240 e. The third-order valence-electron chi connectivity index (χ3n) is 4.19. The largest absolute Gasteiger partial charge is 0.348 e. The Morgan fingerprint density at radius 3 is 2.60 bits per heavy atom. The lowest BCUT2D eigenvalue weighted by Crippen LogP contribution is -2.30. The molecule has 1 aromatic heterocycles. The van der Waals surface area contributed by atoms with Gasteiger partial charge in [0.15, 0.2) is 5.43 Å². The van der Waals surface area contributed by atoms with Gasteiger partial charge in [0.1, 0.15) is 12.4 Å². The molecule has 25 heavy (non-hydrogen) atoms. The Morgan fingerprint density at radius 2 is 1.88 bits per heavy atom. The van der Waals surface area contributed by atoms with Crippen molar-refractivity contribution < 1.29 is 9.18 Å². The summed E-state index contributed by atoms with van der Waals surface area (Å²) in [7, 11) is 0. The van der Waals surface area contributed by atoms with Crippen LogP contribution in [0.1, 0.15) is 24.1 Å². The van der Waals surface area contributed by atoms with Crippen molar-refractivity contribution in [2.75, 3.05) is 0 Å². The molecule has 1 atom stereocenters. The smallest absolute Gasteiger partial charge is 0.240 e. The van der Waals surface area contributed by atoms with Crippen LogP contribution in [0.4, 0.5) is 4.39 Å². The average Bonchev–Trinajstić information content (AvgIpc) is 2.58. The van der Waals surface area contributed by atoms with Crippen LogP contribution in [0.2, 0.25) is 0 Å². The molecule has 1 amide bonds. The van der Waals surface area contributed by atoms with Gasteiger partial charge < -0.3 is 9.88 Å². The van der Waals surface area contributed by atoms with E-state index in [1.165, 1.54) is 18.2 Å². The number of hydrogen-bond donors (Lipinski definition) is 1. The number of nitrogens with one attached hydrogen (secondary N) is 1. The highest BCUT2D eigenvalue weighted by molar-refractivity contribution is 5.82. The SMILES string of the molecule is Cc1ccc2c(c1)c(=O)ccn2CC(=O)NC(C)c1ccc(F)cc1. The second-order valence-electron chi connectivity index (χ2n) is 6.17. The van der Waals surface area contributed by atoms with Gasteiger partial charge in [-0.3, -0.25) is 9.59 Å². The molecule has 1 heterocycles. The number of rotatable bonds is 4. The lowest BCUT2D eigenvalue weighted by molar-refractivity contribution is -0.122. The zero-order chi connectivity index (χ0) is 18.0. The molecule has 1 N–H and O–H groups in total. The second kappa shape index (κ2) is 6.89. The molecule has 3 aromatic rings. The first-order chi connectivity index (χ1) is 11.9. The Balaban J connectivity index is 1.79. The molecule has 5 heteroatoms. The Labute approximate surface area is 144 Å². The number of aromatic nitrogens is 1. The standard InChI is InChI=1S/C20H19FN2O2/c1-13-3-8-18-17(11-13)19(24)9-10-23(18)12-20(25)22-14(2)15-4-6-16(21)7-5-15/h3-11,14H,12H2,1-2H3,(H,22,25). The molecule has 3 rings (SSSR count). The predicted octanol–water partition coefficient (Wildman–Crippen LogP) is 3.33. The number of carbonyl (C=O) groups is 1. The van der Waals surface area contributed by atoms with Gasteiger partial charge in [0, 0.05) is 17.6 Å². The van der Waals surface area contributed by atoms with Gasteiger partial charge >= 0.3 is 0 Å². The summed E-state index contributed by atoms with van der Waals surface area (Å²) in [6.45, 7) is 3.87. The van der Waals surface area contributed by atoms with E-state index in [9.17, 15) is 14.0 Å². The van der Waals surface area contributed by atoms with Gasteiger partial charge in [0.05, 0.1) is 11.6 Å². The summed E-state index contributed by atoms with van der Waals surface area (Å²) < 4.78 is 14.7. The number of hydrogen-bond acceptors (Lipinski definition) is 2. The summed E-state index contributed by atoms with van der Waals surface area (Å²) >= 11 is 0. The first-order valence-corrected chi connectivity index (χ1v) is 8.08. The quantitative estimate of drug-likeness (QED) is 0.793. The van der Waals surface area contributed by atoms with E-state index in [1.807, 2.05) is 32.0 Å². The Morgan fingerprint density at radius 1 is 1.16 bits per heavy atom. The van der Waals surface area contributed by atoms with Gasteiger partial charge in [-0.2, -0.15) is 0 Å². The molecule has 0 fully saturated rings. The van der Waals surface area contributed by atoms with Crippen LogP contribution in [0.25, 0.3) is 10.9 Å². The van der Waals surface area contributed by atoms with E-state index in [1.54, 1.807) is 22.9 Å². The van der Waals surface area contributed by atoms with Gasteiger partial charge in [-0.05, 0) is 43.7 Å². The fourth-order valence-electron chi connectivity index (χ4n) is 2.84. The normalized spacial score (nSPS) is 12.1. The van der Waals surface area contributed by atoms with Gasteiger partial charge in [0.2, 0.25) is 5.91 Å². The van der Waals surface area contributed by atoms with E-state index >= 15 is 0 Å². The molecule has 0 saturated heterocycles. The topological polar surface area (TPSA) is 51.1 Å². The molecule has 0 radical (unpaired) electrons. The third kappa shape index (κ3) is 3.76. The summed E-state index contributed by atoms with van der Waals surface area (Å²) in [6.07, 6.45) is 1.63. The van der Waals surface area contributed by atoms with E-state index in [-0.39, 0.29) is 29.7 Å². The van der Waals surface area contributed by atoms with Crippen LogP contribution in [-0.4, -0.2) is 10.5 Å². The molecule has 0 bridgehead atoms. The van der Waals surface area contributed by atoms with Crippen LogP contribution < -0.4 is 10.7 Å². The third-order valence-corrected chi connectivity index (χ3v) is 4.19. The van der Waals surface area contributed by atoms with E-state index in [2.05, 4.69) is 5.32 Å². The molecule has 128 valence electrons. The van der Waals surface area contributed by atoms with Crippen molar-refractivity contribution >= 4 is 16.8 Å². The van der Waals surface area contributed by atoms with Crippen LogP contribution in [-0.2, 0) is 11.3 Å². The molecular weight excluding hydrogens is 319 g/mol. The summed E-state index contributed by atoms with van der Waals surface area (Å²) in [5.74, 6) is -0.486. The number of nitrogens with zero attached hydrogens (tertiary/aromatic N) is 1. The number of fused-ring (bicyclic) bond motifs is 1. The van der Waals surface area contributed by atoms with Gasteiger partial charge in [-0.25, -0.2) is 4.39 Å². The van der Waals surface area contributed by atoms with Crippen LogP contribution in [0.15, 0.2) is 59.5 Å². The lowest BCUT2D eigenvalue weighted by Gasteiger charge is -2.16. The minimum Gasteiger partial charge on any atom is -0.348 e. The van der Waals surface area contributed by atoms with Crippen molar-refractivity contribution in [3.63, 3.8) is 0 Å². The average molecular weight is 338 g/mol. The molecule has 0 aliphatic heterocycles. The number of benzene rings is 2. The number of carbonyl (C=O) groups excluding carboxylic acids is 1. The van der Waals surface area contributed by atoms with Crippen molar-refractivity contribution in [2.24, 2.45) is 0 Å². The Hall–Kier alpha value is -2.95. The summed E-state index contributed by atoms with van der Waals surface area (Å²) in [6, 6.07) is 12.9. The number of halogens is 1. The van der Waals surface area contributed by atoms with Gasteiger partial charge in [-0.15, -0.1) is 0 Å². The molecule has 0 aliphatic rings. The summed E-state index contributed by atoms with van der Waals surface area (Å²) in [5.41, 5.74) is 2.49. The summed E-state index contributed by atoms with van der Waals surface area (Å²) in [4.78, 5) is 24.4. The molecule has 0 saturated carbocycles. The highest BCUT2D eigenvalue weighted by Gasteiger charge is 2.11. The van der Waals surface area contributed by atoms with E-state index in [0.29, 0.717) is 5.39 Å². The lowest BCUT2D eigenvalue weighted by atomic mass is 10.1. The minimum atomic E-state index is -0.308. The minimum absolute atomic E-state index is 0.0601. The van der Waals surface area contributed by atoms with Gasteiger partial charge in [-0.1, -0.05) is 23.8 Å². The number of pyridine rings is 1. The first kappa shape index (κ1) is 16.9. The highest BCUT2D eigenvalue weighted by Crippen LogP contribution is 2.14. The van der Waals surface area contributed by atoms with Crippen LogP contribution >= 0.6 is 0 Å². The van der Waals surface area contributed by atoms with Crippen molar-refractivity contribution in [2.45, 2.75) is 26.4 Å². The van der Waals surface area contributed by atoms with E-state index in [4.69, 9.17) is 0 Å². The second-order valence-corrected chi connectivity index (χ2v) is 6.17. The maximum absolute atomic E-state index is 13.0. The van der Waals surface area contributed by atoms with E-state index in [0.717, 1.165) is 16.6 Å². The van der Waals surface area contributed by atoms with Crippen molar-refractivity contribution in [1.82, 2.24) is 9.88 Å².